The van der Waals surface area contributed by atoms with Gasteiger partial charge in [-0.05, 0) is 42.7 Å². The zero-order chi connectivity index (χ0) is 22.1. The molecule has 1 N–H and O–H groups in total. The van der Waals surface area contributed by atoms with Crippen LogP contribution in [0, 0.1) is 6.92 Å². The van der Waals surface area contributed by atoms with Gasteiger partial charge in [-0.1, -0.05) is 29.8 Å². The minimum atomic E-state index is -0.548. The number of carbonyl (C=O) groups excluding carboxylic acids is 4. The first-order valence-electron chi connectivity index (χ1n) is 10.4. The van der Waals surface area contributed by atoms with E-state index >= 15 is 0 Å². The maximum atomic E-state index is 13.0. The van der Waals surface area contributed by atoms with Gasteiger partial charge in [-0.15, -0.1) is 0 Å². The number of amides is 3. The van der Waals surface area contributed by atoms with Crippen LogP contribution >= 0.6 is 0 Å². The highest BCUT2D eigenvalue weighted by Gasteiger charge is 2.39. The zero-order valence-corrected chi connectivity index (χ0v) is 17.7. The monoisotopic (exact) mass is 419 g/mol. The van der Waals surface area contributed by atoms with Crippen LogP contribution in [-0.2, 0) is 22.7 Å². The Bertz CT molecular complexity index is 1060. The summed E-state index contributed by atoms with van der Waals surface area (Å²) in [7, 11) is 1.70. The van der Waals surface area contributed by atoms with E-state index in [1.54, 1.807) is 29.0 Å². The summed E-state index contributed by atoms with van der Waals surface area (Å²) in [5.74, 6) is -0.433. The highest BCUT2D eigenvalue weighted by Crippen LogP contribution is 2.31. The van der Waals surface area contributed by atoms with Gasteiger partial charge in [0, 0.05) is 37.8 Å². The number of fused-ring (bicyclic) bond motifs is 1. The summed E-state index contributed by atoms with van der Waals surface area (Å²) >= 11 is 0. The second kappa shape index (κ2) is 8.34. The molecule has 0 aromatic heterocycles. The molecule has 2 aliphatic rings. The first kappa shape index (κ1) is 20.8. The van der Waals surface area contributed by atoms with Crippen LogP contribution in [0.25, 0.3) is 0 Å². The lowest BCUT2D eigenvalue weighted by atomic mass is 9.92. The largest absolute Gasteiger partial charge is 0.324 e. The Morgan fingerprint density at radius 1 is 1.13 bits per heavy atom. The molecule has 31 heavy (non-hydrogen) atoms. The molecule has 1 fully saturated rings. The molecule has 1 atom stereocenters. The Balaban J connectivity index is 1.48. The molecule has 7 nitrogen and oxygen atoms in total. The number of nitrogens with one attached hydrogen (secondary N) is 1. The molecule has 0 bridgehead atoms. The topological polar surface area (TPSA) is 86.8 Å². The SMILES string of the molecule is Cc1ccc(NC(=O)N(C)Cc2cccc3c2CN(C2CCC(=O)CC2=O)C3=O)cc1. The van der Waals surface area contributed by atoms with Gasteiger partial charge < -0.3 is 15.1 Å². The van der Waals surface area contributed by atoms with Crippen LogP contribution in [0.1, 0.15) is 46.3 Å². The molecular weight excluding hydrogens is 394 g/mol. The summed E-state index contributed by atoms with van der Waals surface area (Å²) in [6.45, 7) is 2.64. The molecule has 7 heteroatoms. The predicted octanol–water partition coefficient (Wildman–Crippen LogP) is 3.31. The van der Waals surface area contributed by atoms with E-state index in [4.69, 9.17) is 0 Å². The summed E-state index contributed by atoms with van der Waals surface area (Å²) in [5, 5.41) is 2.87. The van der Waals surface area contributed by atoms with Gasteiger partial charge in [0.2, 0.25) is 0 Å². The third-order valence-electron chi connectivity index (χ3n) is 5.97. The molecule has 3 amide bonds. The molecule has 4 rings (SSSR count). The average Bonchev–Trinajstić information content (AvgIpc) is 3.07. The number of hydrogen-bond donors (Lipinski definition) is 1. The Hall–Kier alpha value is -3.48. The van der Waals surface area contributed by atoms with Gasteiger partial charge in [-0.3, -0.25) is 14.4 Å². The van der Waals surface area contributed by atoms with Gasteiger partial charge >= 0.3 is 6.03 Å². The lowest BCUT2D eigenvalue weighted by Gasteiger charge is -2.29. The summed E-state index contributed by atoms with van der Waals surface area (Å²) in [4.78, 5) is 52.6. The van der Waals surface area contributed by atoms with Crippen molar-refractivity contribution in [3.63, 3.8) is 0 Å². The fourth-order valence-corrected chi connectivity index (χ4v) is 4.19. The number of anilines is 1. The number of ketones is 2. The van der Waals surface area contributed by atoms with Gasteiger partial charge in [0.15, 0.2) is 5.78 Å². The molecule has 1 unspecified atom stereocenters. The number of carbonyl (C=O) groups is 4. The fourth-order valence-electron chi connectivity index (χ4n) is 4.19. The fraction of sp³-hybridized carbons (Fsp3) is 0.333. The van der Waals surface area contributed by atoms with E-state index < -0.39 is 6.04 Å². The van der Waals surface area contributed by atoms with E-state index in [0.717, 1.165) is 16.7 Å². The summed E-state index contributed by atoms with van der Waals surface area (Å²) in [6.07, 6.45) is 0.608. The van der Waals surface area contributed by atoms with Gasteiger partial charge in [-0.25, -0.2) is 4.79 Å². The van der Waals surface area contributed by atoms with Crippen molar-refractivity contribution in [3.8, 4) is 0 Å². The van der Waals surface area contributed by atoms with Crippen molar-refractivity contribution in [2.75, 3.05) is 12.4 Å². The average molecular weight is 419 g/mol. The minimum absolute atomic E-state index is 0.0627. The number of Topliss-reactive ketones (excluding diaryl/α,β-unsaturated/α-hetero) is 2. The van der Waals surface area contributed by atoms with Crippen LogP contribution < -0.4 is 5.32 Å². The second-order valence-corrected chi connectivity index (χ2v) is 8.26. The third kappa shape index (κ3) is 4.21. The van der Waals surface area contributed by atoms with Crippen molar-refractivity contribution < 1.29 is 19.2 Å². The van der Waals surface area contributed by atoms with Crippen LogP contribution in [0.3, 0.4) is 0 Å². The lowest BCUT2D eigenvalue weighted by Crippen LogP contribution is -2.44. The van der Waals surface area contributed by atoms with Crippen LogP contribution in [0.2, 0.25) is 0 Å². The molecule has 0 saturated heterocycles. The number of rotatable bonds is 4. The molecular formula is C24H25N3O4. The highest BCUT2D eigenvalue weighted by atomic mass is 16.2. The molecule has 1 heterocycles. The number of aryl methyl sites for hydroxylation is 1. The van der Waals surface area contributed by atoms with Gasteiger partial charge in [-0.2, -0.15) is 0 Å². The molecule has 0 radical (unpaired) electrons. The van der Waals surface area contributed by atoms with Gasteiger partial charge in [0.25, 0.3) is 5.91 Å². The van der Waals surface area contributed by atoms with Gasteiger partial charge in [0.1, 0.15) is 5.78 Å². The quantitative estimate of drug-likeness (QED) is 0.771. The minimum Gasteiger partial charge on any atom is -0.324 e. The first-order valence-corrected chi connectivity index (χ1v) is 10.4. The normalized spacial score (nSPS) is 18.2. The Morgan fingerprint density at radius 3 is 2.58 bits per heavy atom. The summed E-state index contributed by atoms with van der Waals surface area (Å²) < 4.78 is 0. The van der Waals surface area contributed by atoms with E-state index in [2.05, 4.69) is 5.32 Å². The van der Waals surface area contributed by atoms with E-state index in [9.17, 15) is 19.2 Å². The van der Waals surface area contributed by atoms with Crippen molar-refractivity contribution in [3.05, 3.63) is 64.7 Å². The van der Waals surface area contributed by atoms with Crippen molar-refractivity contribution in [2.45, 2.75) is 45.3 Å². The van der Waals surface area contributed by atoms with Crippen molar-refractivity contribution in [1.82, 2.24) is 9.80 Å². The maximum Gasteiger partial charge on any atom is 0.321 e. The zero-order valence-electron chi connectivity index (χ0n) is 17.7. The van der Waals surface area contributed by atoms with Crippen molar-refractivity contribution >= 4 is 29.2 Å². The first-order chi connectivity index (χ1) is 14.8. The Morgan fingerprint density at radius 2 is 1.87 bits per heavy atom. The van der Waals surface area contributed by atoms with Crippen molar-refractivity contribution in [2.24, 2.45) is 0 Å². The second-order valence-electron chi connectivity index (χ2n) is 8.26. The van der Waals surface area contributed by atoms with Crippen LogP contribution in [0.5, 0.6) is 0 Å². The summed E-state index contributed by atoms with van der Waals surface area (Å²) in [6, 6.07) is 12.2. The Labute approximate surface area is 181 Å². The highest BCUT2D eigenvalue weighted by molar-refractivity contribution is 6.07. The maximum absolute atomic E-state index is 13.0. The predicted molar refractivity (Wildman–Crippen MR) is 116 cm³/mol. The van der Waals surface area contributed by atoms with Crippen molar-refractivity contribution in [1.29, 1.82) is 0 Å². The van der Waals surface area contributed by atoms with Crippen LogP contribution in [0.4, 0.5) is 10.5 Å². The number of benzene rings is 2. The summed E-state index contributed by atoms with van der Waals surface area (Å²) in [5.41, 5.74) is 4.10. The smallest absolute Gasteiger partial charge is 0.321 e. The molecule has 1 saturated carbocycles. The van der Waals surface area contributed by atoms with Crippen LogP contribution in [0.15, 0.2) is 42.5 Å². The lowest BCUT2D eigenvalue weighted by molar-refractivity contribution is -0.133. The Kier molecular flexibility index (Phi) is 5.59. The van der Waals surface area contributed by atoms with E-state index in [1.807, 2.05) is 37.3 Å². The molecule has 1 aliphatic carbocycles. The molecule has 0 spiro atoms. The van der Waals surface area contributed by atoms with Gasteiger partial charge in [0.05, 0.1) is 12.5 Å². The van der Waals surface area contributed by atoms with E-state index in [-0.39, 0.29) is 29.9 Å². The standard InChI is InChI=1S/C24H25N3O4/c1-15-6-8-17(9-7-15)25-24(31)26(2)13-16-4-3-5-19-20(16)14-27(23(19)30)21-11-10-18(28)12-22(21)29/h3-9,21H,10-14H2,1-2H3,(H,25,31). The molecule has 2 aromatic carbocycles. The molecule has 160 valence electrons. The van der Waals surface area contributed by atoms with E-state index in [1.165, 1.54) is 0 Å². The number of hydrogen-bond acceptors (Lipinski definition) is 4. The number of nitrogens with zero attached hydrogens (tertiary/aromatic N) is 2. The number of urea groups is 1. The molecule has 2 aromatic rings. The van der Waals surface area contributed by atoms with E-state index in [0.29, 0.717) is 37.2 Å². The molecule has 1 aliphatic heterocycles. The van der Waals surface area contributed by atoms with Crippen LogP contribution in [-0.4, -0.2) is 46.4 Å². The third-order valence-corrected chi connectivity index (χ3v) is 5.97.